The summed E-state index contributed by atoms with van der Waals surface area (Å²) in [5, 5.41) is 10.1. The third-order valence-electron chi connectivity index (χ3n) is 2.80. The summed E-state index contributed by atoms with van der Waals surface area (Å²) < 4.78 is 5.30. The normalized spacial score (nSPS) is 12.6. The maximum Gasteiger partial charge on any atom is 0.0466 e. The molecule has 1 N–H and O–H groups in total. The van der Waals surface area contributed by atoms with Crippen molar-refractivity contribution in [1.29, 1.82) is 0 Å². The summed E-state index contributed by atoms with van der Waals surface area (Å²) in [4.78, 5) is 0. The fraction of sp³-hybridized carbons (Fsp3) is 0.571. The highest BCUT2D eigenvalue weighted by Gasteiger charge is 2.08. The highest BCUT2D eigenvalue weighted by Crippen LogP contribution is 2.16. The largest absolute Gasteiger partial charge is 0.396 e. The topological polar surface area (TPSA) is 29.5 Å². The molecule has 1 aromatic rings. The van der Waals surface area contributed by atoms with Gasteiger partial charge in [0.25, 0.3) is 0 Å². The number of benzene rings is 1. The van der Waals surface area contributed by atoms with E-state index in [0.29, 0.717) is 5.92 Å². The molecule has 3 heteroatoms. The Morgan fingerprint density at radius 3 is 2.59 bits per heavy atom. The fourth-order valence-corrected chi connectivity index (χ4v) is 1.96. The lowest BCUT2D eigenvalue weighted by Gasteiger charge is -2.14. The van der Waals surface area contributed by atoms with Crippen LogP contribution in [0.2, 0.25) is 5.02 Å². The van der Waals surface area contributed by atoms with Crippen molar-refractivity contribution in [3.63, 3.8) is 0 Å². The maximum atomic E-state index is 9.33. The maximum absolute atomic E-state index is 9.33. The van der Waals surface area contributed by atoms with Crippen LogP contribution in [0.4, 0.5) is 0 Å². The van der Waals surface area contributed by atoms with Gasteiger partial charge >= 0.3 is 0 Å². The Morgan fingerprint density at radius 2 is 2.00 bits per heavy atom. The quantitative estimate of drug-likeness (QED) is 0.723. The first-order chi connectivity index (χ1) is 8.26. The lowest BCUT2D eigenvalue weighted by Crippen LogP contribution is -2.11. The molecule has 0 bridgehead atoms. The second-order valence-corrected chi connectivity index (χ2v) is 4.65. The molecule has 0 aliphatic heterocycles. The van der Waals surface area contributed by atoms with E-state index >= 15 is 0 Å². The number of aliphatic hydroxyl groups excluding tert-OH is 1. The zero-order valence-corrected chi connectivity index (χ0v) is 11.1. The van der Waals surface area contributed by atoms with E-state index < -0.39 is 0 Å². The first kappa shape index (κ1) is 14.5. The van der Waals surface area contributed by atoms with Gasteiger partial charge in [0.15, 0.2) is 0 Å². The molecule has 1 unspecified atom stereocenters. The standard InChI is InChI=1S/C14H21ClO2/c1-2-17-9-3-4-13(11-16)10-12-5-7-14(15)8-6-12/h5-8,13,16H,2-4,9-11H2,1H3. The molecule has 0 heterocycles. The molecule has 0 aliphatic rings. The molecule has 0 fully saturated rings. The van der Waals surface area contributed by atoms with Crippen LogP contribution in [0.1, 0.15) is 25.3 Å². The third-order valence-corrected chi connectivity index (χ3v) is 3.05. The van der Waals surface area contributed by atoms with E-state index in [9.17, 15) is 5.11 Å². The van der Waals surface area contributed by atoms with Crippen LogP contribution in [-0.4, -0.2) is 24.9 Å². The minimum Gasteiger partial charge on any atom is -0.396 e. The number of hydrogen-bond donors (Lipinski definition) is 1. The van der Waals surface area contributed by atoms with Crippen LogP contribution in [0.5, 0.6) is 0 Å². The zero-order valence-electron chi connectivity index (χ0n) is 10.4. The molecule has 1 atom stereocenters. The van der Waals surface area contributed by atoms with E-state index in [0.717, 1.165) is 37.5 Å². The molecule has 0 aliphatic carbocycles. The van der Waals surface area contributed by atoms with Gasteiger partial charge in [-0.15, -0.1) is 0 Å². The van der Waals surface area contributed by atoms with E-state index in [1.54, 1.807) is 0 Å². The van der Waals surface area contributed by atoms with Gasteiger partial charge in [-0.3, -0.25) is 0 Å². The van der Waals surface area contributed by atoms with Gasteiger partial charge in [-0.25, -0.2) is 0 Å². The van der Waals surface area contributed by atoms with E-state index in [2.05, 4.69) is 0 Å². The van der Waals surface area contributed by atoms with Gasteiger partial charge in [-0.05, 0) is 49.8 Å². The summed E-state index contributed by atoms with van der Waals surface area (Å²) in [6.07, 6.45) is 2.91. The monoisotopic (exact) mass is 256 g/mol. The van der Waals surface area contributed by atoms with Crippen molar-refractivity contribution < 1.29 is 9.84 Å². The number of aliphatic hydroxyl groups is 1. The summed E-state index contributed by atoms with van der Waals surface area (Å²) in [7, 11) is 0. The second-order valence-electron chi connectivity index (χ2n) is 4.22. The van der Waals surface area contributed by atoms with Crippen LogP contribution in [0.15, 0.2) is 24.3 Å². The lowest BCUT2D eigenvalue weighted by atomic mass is 9.96. The number of hydrogen-bond acceptors (Lipinski definition) is 2. The smallest absolute Gasteiger partial charge is 0.0466 e. The van der Waals surface area contributed by atoms with E-state index in [-0.39, 0.29) is 6.61 Å². The summed E-state index contributed by atoms with van der Waals surface area (Å²) in [5.74, 6) is 0.316. The van der Waals surface area contributed by atoms with Gasteiger partial charge < -0.3 is 9.84 Å². The summed E-state index contributed by atoms with van der Waals surface area (Å²) in [6, 6.07) is 7.83. The number of rotatable bonds is 8. The van der Waals surface area contributed by atoms with Gasteiger partial charge in [-0.1, -0.05) is 23.7 Å². The second kappa shape index (κ2) is 8.51. The van der Waals surface area contributed by atoms with Crippen LogP contribution in [-0.2, 0) is 11.2 Å². The minimum absolute atomic E-state index is 0.231. The molecule has 17 heavy (non-hydrogen) atoms. The molecule has 96 valence electrons. The van der Waals surface area contributed by atoms with E-state index in [4.69, 9.17) is 16.3 Å². The zero-order chi connectivity index (χ0) is 12.5. The summed E-state index contributed by atoms with van der Waals surface area (Å²) >= 11 is 5.83. The van der Waals surface area contributed by atoms with E-state index in [1.807, 2.05) is 31.2 Å². The molecule has 0 amide bonds. The first-order valence-electron chi connectivity index (χ1n) is 6.19. The van der Waals surface area contributed by atoms with Crippen LogP contribution in [0.25, 0.3) is 0 Å². The fourth-order valence-electron chi connectivity index (χ4n) is 1.83. The molecule has 0 saturated heterocycles. The summed E-state index contributed by atoms with van der Waals surface area (Å²) in [6.45, 7) is 3.78. The van der Waals surface area contributed by atoms with Gasteiger partial charge in [-0.2, -0.15) is 0 Å². The Hall–Kier alpha value is -0.570. The van der Waals surface area contributed by atoms with Crippen molar-refractivity contribution >= 4 is 11.6 Å². The Bertz CT molecular complexity index is 298. The van der Waals surface area contributed by atoms with Crippen molar-refractivity contribution in [3.05, 3.63) is 34.9 Å². The minimum atomic E-state index is 0.231. The molecule has 0 radical (unpaired) electrons. The van der Waals surface area contributed by atoms with Crippen LogP contribution in [0.3, 0.4) is 0 Å². The highest BCUT2D eigenvalue weighted by molar-refractivity contribution is 6.30. The molecule has 0 saturated carbocycles. The Labute approximate surface area is 109 Å². The number of ether oxygens (including phenoxy) is 1. The molecule has 1 rings (SSSR count). The SMILES string of the molecule is CCOCCCC(CO)Cc1ccc(Cl)cc1. The van der Waals surface area contributed by atoms with Gasteiger partial charge in [0.05, 0.1) is 0 Å². The molecular weight excluding hydrogens is 236 g/mol. The van der Waals surface area contributed by atoms with Crippen molar-refractivity contribution in [2.24, 2.45) is 5.92 Å². The number of halogens is 1. The van der Waals surface area contributed by atoms with Crippen LogP contribution >= 0.6 is 11.6 Å². The predicted octanol–water partition coefficient (Wildman–Crippen LogP) is 3.31. The van der Waals surface area contributed by atoms with Gasteiger partial charge in [0.2, 0.25) is 0 Å². The molecule has 0 spiro atoms. The predicted molar refractivity (Wildman–Crippen MR) is 71.5 cm³/mol. The van der Waals surface area contributed by atoms with Crippen LogP contribution < -0.4 is 0 Å². The van der Waals surface area contributed by atoms with Gasteiger partial charge in [0, 0.05) is 24.8 Å². The third kappa shape index (κ3) is 6.06. The molecule has 0 aromatic heterocycles. The van der Waals surface area contributed by atoms with Crippen molar-refractivity contribution in [1.82, 2.24) is 0 Å². The van der Waals surface area contributed by atoms with Crippen LogP contribution in [0, 0.1) is 5.92 Å². The van der Waals surface area contributed by atoms with Gasteiger partial charge in [0.1, 0.15) is 0 Å². The molecule has 1 aromatic carbocycles. The van der Waals surface area contributed by atoms with E-state index in [1.165, 1.54) is 5.56 Å². The molecular formula is C14H21ClO2. The first-order valence-corrected chi connectivity index (χ1v) is 6.57. The Balaban J connectivity index is 2.33. The van der Waals surface area contributed by atoms with Crippen molar-refractivity contribution in [2.75, 3.05) is 19.8 Å². The lowest BCUT2D eigenvalue weighted by molar-refractivity contribution is 0.132. The Morgan fingerprint density at radius 1 is 1.29 bits per heavy atom. The summed E-state index contributed by atoms with van der Waals surface area (Å²) in [5.41, 5.74) is 1.23. The molecule has 2 nitrogen and oxygen atoms in total. The average Bonchev–Trinajstić information content (AvgIpc) is 2.35. The average molecular weight is 257 g/mol. The van der Waals surface area contributed by atoms with Crippen molar-refractivity contribution in [3.8, 4) is 0 Å². The highest BCUT2D eigenvalue weighted by atomic mass is 35.5. The van der Waals surface area contributed by atoms with Crippen molar-refractivity contribution in [2.45, 2.75) is 26.2 Å². The Kier molecular flexibility index (Phi) is 7.25.